The van der Waals surface area contributed by atoms with Gasteiger partial charge in [-0.2, -0.15) is 0 Å². The normalized spacial score (nSPS) is 19.8. The zero-order valence-corrected chi connectivity index (χ0v) is 13.4. The number of halogens is 1. The van der Waals surface area contributed by atoms with Crippen LogP contribution in [0.2, 0.25) is 5.02 Å². The largest absolute Gasteiger partial charge is 0.361 e. The van der Waals surface area contributed by atoms with Crippen LogP contribution in [0.5, 0.6) is 0 Å². The molecule has 118 valence electrons. The van der Waals surface area contributed by atoms with Crippen molar-refractivity contribution in [2.45, 2.75) is 12.5 Å². The monoisotopic (exact) mass is 320 g/mol. The highest BCUT2D eigenvalue weighted by Crippen LogP contribution is 2.23. The van der Waals surface area contributed by atoms with E-state index in [4.69, 9.17) is 17.3 Å². The smallest absolute Gasteiger partial charge is 0.227 e. The number of fused-ring (bicyclic) bond motifs is 1. The lowest BCUT2D eigenvalue weighted by atomic mass is 10.1. The number of benzene rings is 1. The SMILES string of the molecule is CN1CCN(C(=O)Cc2c[nH]c3cc(Cl)ccc23)C(CN)C1. The van der Waals surface area contributed by atoms with Crippen LogP contribution in [0.3, 0.4) is 0 Å². The fraction of sp³-hybridized carbons (Fsp3) is 0.438. The van der Waals surface area contributed by atoms with E-state index in [0.717, 1.165) is 36.1 Å². The number of hydrogen-bond donors (Lipinski definition) is 2. The number of piperazine rings is 1. The highest BCUT2D eigenvalue weighted by atomic mass is 35.5. The molecule has 1 atom stereocenters. The number of carbonyl (C=O) groups is 1. The summed E-state index contributed by atoms with van der Waals surface area (Å²) in [5, 5.41) is 1.74. The highest BCUT2D eigenvalue weighted by Gasteiger charge is 2.28. The molecule has 0 bridgehead atoms. The van der Waals surface area contributed by atoms with Gasteiger partial charge in [-0.15, -0.1) is 0 Å². The van der Waals surface area contributed by atoms with Crippen LogP contribution in [0.25, 0.3) is 10.9 Å². The minimum atomic E-state index is 0.103. The van der Waals surface area contributed by atoms with Gasteiger partial charge in [0.05, 0.1) is 12.5 Å². The average molecular weight is 321 g/mol. The Morgan fingerprint density at radius 1 is 1.45 bits per heavy atom. The molecule has 0 radical (unpaired) electrons. The van der Waals surface area contributed by atoms with Gasteiger partial charge in [0.15, 0.2) is 0 Å². The van der Waals surface area contributed by atoms with Gasteiger partial charge < -0.3 is 20.5 Å². The van der Waals surface area contributed by atoms with E-state index in [2.05, 4.69) is 16.9 Å². The lowest BCUT2D eigenvalue weighted by Gasteiger charge is -2.39. The number of rotatable bonds is 3. The van der Waals surface area contributed by atoms with Gasteiger partial charge in [0.2, 0.25) is 5.91 Å². The summed E-state index contributed by atoms with van der Waals surface area (Å²) in [6, 6.07) is 5.79. The number of aromatic amines is 1. The Morgan fingerprint density at radius 2 is 2.27 bits per heavy atom. The van der Waals surface area contributed by atoms with Crippen LogP contribution in [-0.4, -0.2) is 60.0 Å². The van der Waals surface area contributed by atoms with Crippen LogP contribution in [0, 0.1) is 0 Å². The van der Waals surface area contributed by atoms with Gasteiger partial charge >= 0.3 is 0 Å². The van der Waals surface area contributed by atoms with Crippen molar-refractivity contribution in [1.82, 2.24) is 14.8 Å². The van der Waals surface area contributed by atoms with Crippen molar-refractivity contribution in [2.75, 3.05) is 33.2 Å². The minimum Gasteiger partial charge on any atom is -0.361 e. The van der Waals surface area contributed by atoms with Crippen molar-refractivity contribution in [3.05, 3.63) is 35.0 Å². The lowest BCUT2D eigenvalue weighted by Crippen LogP contribution is -2.57. The van der Waals surface area contributed by atoms with E-state index in [1.54, 1.807) is 0 Å². The van der Waals surface area contributed by atoms with Crippen LogP contribution < -0.4 is 5.73 Å². The van der Waals surface area contributed by atoms with Crippen molar-refractivity contribution >= 4 is 28.4 Å². The molecule has 1 fully saturated rings. The number of likely N-dealkylation sites (N-methyl/N-ethyl adjacent to an activating group) is 1. The predicted molar refractivity (Wildman–Crippen MR) is 89.1 cm³/mol. The average Bonchev–Trinajstić information content (AvgIpc) is 2.89. The molecule has 1 aromatic carbocycles. The molecule has 6 heteroatoms. The first-order valence-corrected chi connectivity index (χ1v) is 7.90. The second-order valence-corrected chi connectivity index (χ2v) is 6.36. The van der Waals surface area contributed by atoms with Crippen molar-refractivity contribution in [2.24, 2.45) is 5.73 Å². The third-order valence-corrected chi connectivity index (χ3v) is 4.58. The van der Waals surface area contributed by atoms with E-state index in [9.17, 15) is 4.79 Å². The second kappa shape index (κ2) is 6.28. The molecule has 2 aromatic rings. The molecule has 1 unspecified atom stereocenters. The fourth-order valence-electron chi connectivity index (χ4n) is 3.11. The third kappa shape index (κ3) is 2.97. The van der Waals surface area contributed by atoms with Crippen LogP contribution in [0.4, 0.5) is 0 Å². The standard InChI is InChI=1S/C16H21ClN4O/c1-20-4-5-21(13(8-18)10-20)16(22)6-11-9-19-15-7-12(17)2-3-14(11)15/h2-3,7,9,13,19H,4-6,8,10,18H2,1H3. The molecule has 5 nitrogen and oxygen atoms in total. The number of hydrogen-bond acceptors (Lipinski definition) is 3. The van der Waals surface area contributed by atoms with Crippen molar-refractivity contribution in [1.29, 1.82) is 0 Å². The molecular formula is C16H21ClN4O. The predicted octanol–water partition coefficient (Wildman–Crippen LogP) is 1.47. The molecule has 1 saturated heterocycles. The van der Waals surface area contributed by atoms with Gasteiger partial charge in [0.1, 0.15) is 0 Å². The Kier molecular flexibility index (Phi) is 4.38. The van der Waals surface area contributed by atoms with E-state index in [1.165, 1.54) is 0 Å². The molecule has 3 N–H and O–H groups in total. The highest BCUT2D eigenvalue weighted by molar-refractivity contribution is 6.31. The van der Waals surface area contributed by atoms with E-state index in [0.29, 0.717) is 18.0 Å². The van der Waals surface area contributed by atoms with E-state index in [-0.39, 0.29) is 11.9 Å². The summed E-state index contributed by atoms with van der Waals surface area (Å²) in [6.45, 7) is 2.97. The van der Waals surface area contributed by atoms with Crippen LogP contribution >= 0.6 is 11.6 Å². The summed E-state index contributed by atoms with van der Waals surface area (Å²) in [6.07, 6.45) is 2.29. The number of amides is 1. The van der Waals surface area contributed by atoms with Crippen molar-refractivity contribution in [3.8, 4) is 0 Å². The summed E-state index contributed by atoms with van der Waals surface area (Å²) in [7, 11) is 2.06. The zero-order chi connectivity index (χ0) is 15.7. The Morgan fingerprint density at radius 3 is 3.05 bits per heavy atom. The first-order chi connectivity index (χ1) is 10.6. The summed E-state index contributed by atoms with van der Waals surface area (Å²) in [4.78, 5) is 20.0. The van der Waals surface area contributed by atoms with Gasteiger partial charge in [-0.25, -0.2) is 0 Å². The number of aromatic nitrogens is 1. The summed E-state index contributed by atoms with van der Waals surface area (Å²) < 4.78 is 0. The number of nitrogens with one attached hydrogen (secondary N) is 1. The molecule has 0 saturated carbocycles. The molecular weight excluding hydrogens is 300 g/mol. The molecule has 2 heterocycles. The fourth-order valence-corrected chi connectivity index (χ4v) is 3.28. The first-order valence-electron chi connectivity index (χ1n) is 7.52. The lowest BCUT2D eigenvalue weighted by molar-refractivity contribution is -0.134. The molecule has 3 rings (SSSR count). The molecule has 1 amide bonds. The van der Waals surface area contributed by atoms with Crippen LogP contribution in [-0.2, 0) is 11.2 Å². The van der Waals surface area contributed by atoms with E-state index >= 15 is 0 Å². The molecule has 0 spiro atoms. The maximum absolute atomic E-state index is 12.7. The van der Waals surface area contributed by atoms with Gasteiger partial charge in [0, 0.05) is 48.3 Å². The molecule has 22 heavy (non-hydrogen) atoms. The zero-order valence-electron chi connectivity index (χ0n) is 12.7. The summed E-state index contributed by atoms with van der Waals surface area (Å²) in [5.74, 6) is 0.138. The number of H-pyrrole nitrogens is 1. The first kappa shape index (κ1) is 15.3. The number of nitrogens with zero attached hydrogens (tertiary/aromatic N) is 2. The molecule has 0 aliphatic carbocycles. The second-order valence-electron chi connectivity index (χ2n) is 5.92. The Balaban J connectivity index is 1.78. The minimum absolute atomic E-state index is 0.103. The quantitative estimate of drug-likeness (QED) is 0.900. The van der Waals surface area contributed by atoms with Crippen molar-refractivity contribution < 1.29 is 4.79 Å². The van der Waals surface area contributed by atoms with Gasteiger partial charge in [-0.1, -0.05) is 17.7 Å². The molecule has 1 aliphatic heterocycles. The Bertz CT molecular complexity index is 684. The maximum Gasteiger partial charge on any atom is 0.227 e. The van der Waals surface area contributed by atoms with E-state index < -0.39 is 0 Å². The Labute approximate surface area is 135 Å². The van der Waals surface area contributed by atoms with Gasteiger partial charge in [-0.05, 0) is 24.7 Å². The number of carbonyl (C=O) groups excluding carboxylic acids is 1. The molecule has 1 aliphatic rings. The topological polar surface area (TPSA) is 65.4 Å². The number of nitrogens with two attached hydrogens (primary N) is 1. The third-order valence-electron chi connectivity index (χ3n) is 4.35. The van der Waals surface area contributed by atoms with Crippen LogP contribution in [0.15, 0.2) is 24.4 Å². The van der Waals surface area contributed by atoms with Gasteiger partial charge in [0.25, 0.3) is 0 Å². The van der Waals surface area contributed by atoms with E-state index in [1.807, 2.05) is 29.3 Å². The van der Waals surface area contributed by atoms with Gasteiger partial charge in [-0.3, -0.25) is 4.79 Å². The molecule has 1 aromatic heterocycles. The van der Waals surface area contributed by atoms with Crippen LogP contribution in [0.1, 0.15) is 5.56 Å². The Hall–Kier alpha value is -1.56. The van der Waals surface area contributed by atoms with Crippen molar-refractivity contribution in [3.63, 3.8) is 0 Å². The maximum atomic E-state index is 12.7. The summed E-state index contributed by atoms with van der Waals surface area (Å²) >= 11 is 5.99. The summed E-state index contributed by atoms with van der Waals surface area (Å²) in [5.41, 5.74) is 7.80.